The van der Waals surface area contributed by atoms with E-state index in [-0.39, 0.29) is 24.3 Å². The lowest BCUT2D eigenvalue weighted by molar-refractivity contribution is -0.157. The third-order valence-corrected chi connectivity index (χ3v) is 7.81. The van der Waals surface area contributed by atoms with Crippen LogP contribution < -0.4 is 0 Å². The molecule has 180 valence electrons. The molecule has 3 heterocycles. The second kappa shape index (κ2) is 9.51. The second-order valence-corrected chi connectivity index (χ2v) is 9.78. The van der Waals surface area contributed by atoms with E-state index in [1.165, 1.54) is 0 Å². The zero-order valence-electron chi connectivity index (χ0n) is 19.6. The van der Waals surface area contributed by atoms with Gasteiger partial charge in [-0.05, 0) is 38.5 Å². The van der Waals surface area contributed by atoms with Crippen LogP contribution in [0.1, 0.15) is 59.3 Å². The summed E-state index contributed by atoms with van der Waals surface area (Å²) >= 11 is 0. The minimum absolute atomic E-state index is 0.00181. The van der Waals surface area contributed by atoms with Crippen molar-refractivity contribution in [2.75, 3.05) is 26.2 Å². The molecule has 0 aromatic heterocycles. The molecule has 3 unspecified atom stereocenters. The Labute approximate surface area is 190 Å². The van der Waals surface area contributed by atoms with Crippen molar-refractivity contribution in [1.82, 2.24) is 9.80 Å². The maximum absolute atomic E-state index is 13.9. The van der Waals surface area contributed by atoms with Crippen LogP contribution >= 0.6 is 0 Å². The number of ether oxygens (including phenoxy) is 1. The molecule has 2 amide bonds. The molecule has 2 N–H and O–H groups in total. The van der Waals surface area contributed by atoms with E-state index in [1.54, 1.807) is 22.8 Å². The lowest BCUT2D eigenvalue weighted by Gasteiger charge is -2.37. The van der Waals surface area contributed by atoms with Gasteiger partial charge < -0.3 is 24.7 Å². The van der Waals surface area contributed by atoms with Crippen LogP contribution in [0.15, 0.2) is 12.7 Å². The van der Waals surface area contributed by atoms with Crippen molar-refractivity contribution in [3.63, 3.8) is 0 Å². The summed E-state index contributed by atoms with van der Waals surface area (Å²) in [4.78, 5) is 43.1. The monoisotopic (exact) mass is 450 g/mol. The number of aliphatic hydroxyl groups excluding tert-OH is 1. The quantitative estimate of drug-likeness (QED) is 0.348. The summed E-state index contributed by atoms with van der Waals surface area (Å²) in [5.74, 6) is -3.49. The molecule has 32 heavy (non-hydrogen) atoms. The molecule has 6 atom stereocenters. The normalized spacial score (nSPS) is 35.2. The molecule has 0 radical (unpaired) electrons. The van der Waals surface area contributed by atoms with Gasteiger partial charge in [0.2, 0.25) is 11.8 Å². The van der Waals surface area contributed by atoms with Crippen LogP contribution in [0, 0.1) is 17.8 Å². The average Bonchev–Trinajstić information content (AvgIpc) is 3.24. The number of aliphatic carboxylic acids is 1. The zero-order chi connectivity index (χ0) is 23.7. The number of unbranched alkanes of at least 4 members (excludes halogenated alkanes) is 3. The molecule has 0 saturated carbocycles. The average molecular weight is 451 g/mol. The van der Waals surface area contributed by atoms with Gasteiger partial charge in [-0.25, -0.2) is 0 Å². The van der Waals surface area contributed by atoms with Crippen LogP contribution in [0.25, 0.3) is 0 Å². The minimum Gasteiger partial charge on any atom is -0.481 e. The predicted molar refractivity (Wildman–Crippen MR) is 119 cm³/mol. The largest absolute Gasteiger partial charge is 0.481 e. The number of carbonyl (C=O) groups is 3. The van der Waals surface area contributed by atoms with Crippen LogP contribution in [-0.2, 0) is 19.1 Å². The fourth-order valence-corrected chi connectivity index (χ4v) is 6.20. The van der Waals surface area contributed by atoms with E-state index in [0.29, 0.717) is 38.9 Å². The molecule has 2 bridgehead atoms. The van der Waals surface area contributed by atoms with Gasteiger partial charge in [0.1, 0.15) is 17.6 Å². The highest BCUT2D eigenvalue weighted by Crippen LogP contribution is 2.65. The van der Waals surface area contributed by atoms with Gasteiger partial charge in [-0.3, -0.25) is 14.4 Å². The Morgan fingerprint density at radius 3 is 2.62 bits per heavy atom. The summed E-state index contributed by atoms with van der Waals surface area (Å²) in [6.07, 6.45) is 6.08. The van der Waals surface area contributed by atoms with Gasteiger partial charge in [0.15, 0.2) is 0 Å². The van der Waals surface area contributed by atoms with Crippen LogP contribution in [0.5, 0.6) is 0 Å². The number of aliphatic hydroxyl groups is 1. The van der Waals surface area contributed by atoms with Crippen molar-refractivity contribution in [3.05, 3.63) is 12.7 Å². The van der Waals surface area contributed by atoms with Crippen LogP contribution in [-0.4, -0.2) is 81.3 Å². The Bertz CT molecular complexity index is 757. The number of amides is 2. The lowest BCUT2D eigenvalue weighted by atomic mass is 9.62. The zero-order valence-corrected chi connectivity index (χ0v) is 19.6. The summed E-state index contributed by atoms with van der Waals surface area (Å²) in [5, 5.41) is 19.3. The standard InChI is InChI=1S/C24H38N2O6/c1-5-7-8-12-25(11-6-2)21(29)19-24-15-16(3)23(4,32-24)18(22(30)31)17(24)20(28)26(19)13-9-10-14-27/h6,16-19,27H,2,5,7-15H2,1,3-4H3,(H,30,31)/t16?,17-,18+,19?,23-,24?/m0/s1. The molecule has 0 aliphatic carbocycles. The number of carbonyl (C=O) groups excluding carboxylic acids is 2. The molecule has 3 aliphatic heterocycles. The predicted octanol–water partition coefficient (Wildman–Crippen LogP) is 2.06. The maximum atomic E-state index is 13.9. The molecule has 8 heteroatoms. The first kappa shape index (κ1) is 24.7. The van der Waals surface area contributed by atoms with E-state index < -0.39 is 35.0 Å². The van der Waals surface area contributed by atoms with E-state index in [4.69, 9.17) is 4.74 Å². The van der Waals surface area contributed by atoms with Crippen molar-refractivity contribution >= 4 is 17.8 Å². The van der Waals surface area contributed by atoms with Gasteiger partial charge in [0.05, 0.1) is 11.5 Å². The van der Waals surface area contributed by atoms with Crippen LogP contribution in [0.3, 0.4) is 0 Å². The summed E-state index contributed by atoms with van der Waals surface area (Å²) in [6, 6.07) is -0.853. The second-order valence-electron chi connectivity index (χ2n) is 9.78. The first-order chi connectivity index (χ1) is 15.2. The first-order valence-electron chi connectivity index (χ1n) is 11.9. The molecule has 1 spiro atoms. The van der Waals surface area contributed by atoms with E-state index in [1.807, 2.05) is 6.92 Å². The third-order valence-electron chi connectivity index (χ3n) is 7.81. The van der Waals surface area contributed by atoms with E-state index in [2.05, 4.69) is 13.5 Å². The summed E-state index contributed by atoms with van der Waals surface area (Å²) < 4.78 is 6.49. The highest BCUT2D eigenvalue weighted by molar-refractivity contribution is 5.98. The van der Waals surface area contributed by atoms with Gasteiger partial charge in [0.25, 0.3) is 0 Å². The number of carboxylic acids is 1. The van der Waals surface area contributed by atoms with Gasteiger partial charge in [0, 0.05) is 26.2 Å². The number of nitrogens with zero attached hydrogens (tertiary/aromatic N) is 2. The molecule has 8 nitrogen and oxygen atoms in total. The van der Waals surface area contributed by atoms with E-state index in [9.17, 15) is 24.6 Å². The van der Waals surface area contributed by atoms with Gasteiger partial charge in [-0.15, -0.1) is 6.58 Å². The number of likely N-dealkylation sites (tertiary alicyclic amines) is 1. The first-order valence-corrected chi connectivity index (χ1v) is 11.9. The Hall–Kier alpha value is -1.93. The Morgan fingerprint density at radius 1 is 1.31 bits per heavy atom. The van der Waals surface area contributed by atoms with Crippen LogP contribution in [0.2, 0.25) is 0 Å². The number of rotatable bonds is 12. The summed E-state index contributed by atoms with van der Waals surface area (Å²) in [6.45, 7) is 10.8. The van der Waals surface area contributed by atoms with Crippen molar-refractivity contribution < 1.29 is 29.3 Å². The molecule has 0 aromatic carbocycles. The fraction of sp³-hybridized carbons (Fsp3) is 0.792. The molecule has 3 aliphatic rings. The summed E-state index contributed by atoms with van der Waals surface area (Å²) in [5.41, 5.74) is -2.11. The van der Waals surface area contributed by atoms with E-state index >= 15 is 0 Å². The summed E-state index contributed by atoms with van der Waals surface area (Å²) in [7, 11) is 0. The van der Waals surface area contributed by atoms with Crippen molar-refractivity contribution in [2.45, 2.75) is 76.5 Å². The van der Waals surface area contributed by atoms with Crippen molar-refractivity contribution in [3.8, 4) is 0 Å². The minimum atomic E-state index is -1.13. The van der Waals surface area contributed by atoms with Crippen LogP contribution in [0.4, 0.5) is 0 Å². The topological polar surface area (TPSA) is 107 Å². The lowest BCUT2D eigenvalue weighted by Crippen LogP contribution is -2.56. The molecule has 0 aromatic rings. The number of hydrogen-bond acceptors (Lipinski definition) is 5. The molecular weight excluding hydrogens is 412 g/mol. The molecular formula is C24H38N2O6. The molecule has 3 saturated heterocycles. The molecule has 3 fully saturated rings. The maximum Gasteiger partial charge on any atom is 0.310 e. The Morgan fingerprint density at radius 2 is 2.03 bits per heavy atom. The Kier molecular flexibility index (Phi) is 7.34. The van der Waals surface area contributed by atoms with Gasteiger partial charge in [-0.1, -0.05) is 32.8 Å². The van der Waals surface area contributed by atoms with Crippen molar-refractivity contribution in [1.29, 1.82) is 0 Å². The number of hydrogen-bond donors (Lipinski definition) is 2. The SMILES string of the molecule is C=CCN(CCCCC)C(=O)C1N(CCCCO)C(=O)[C@@H]2[C@H](C(=O)O)[C@@]3(C)OC12CC3C. The highest BCUT2D eigenvalue weighted by Gasteiger charge is 2.80. The number of fused-ring (bicyclic) bond motifs is 1. The van der Waals surface area contributed by atoms with Crippen molar-refractivity contribution in [2.24, 2.45) is 17.8 Å². The fourth-order valence-electron chi connectivity index (χ4n) is 6.20. The highest BCUT2D eigenvalue weighted by atomic mass is 16.5. The van der Waals surface area contributed by atoms with Gasteiger partial charge in [-0.2, -0.15) is 0 Å². The number of carboxylic acid groups (broad SMARTS) is 1. The smallest absolute Gasteiger partial charge is 0.310 e. The molecule has 3 rings (SSSR count). The van der Waals surface area contributed by atoms with Gasteiger partial charge >= 0.3 is 5.97 Å². The van der Waals surface area contributed by atoms with E-state index in [0.717, 1.165) is 19.3 Å². The third kappa shape index (κ3) is 3.75. The Balaban J connectivity index is 2.01.